The van der Waals surface area contributed by atoms with Gasteiger partial charge in [0.25, 0.3) is 11.8 Å². The molecule has 0 aliphatic carbocycles. The molecule has 1 fully saturated rings. The highest BCUT2D eigenvalue weighted by atomic mass is 16.5. The summed E-state index contributed by atoms with van der Waals surface area (Å²) in [5, 5.41) is 0.923. The third-order valence-corrected chi connectivity index (χ3v) is 4.44. The average molecular weight is 315 g/mol. The second-order valence-electron chi connectivity index (χ2n) is 6.02. The highest BCUT2D eigenvalue weighted by Gasteiger charge is 2.39. The molecule has 23 heavy (non-hydrogen) atoms. The average Bonchev–Trinajstić information content (AvgIpc) is 2.93. The number of ether oxygens (including phenoxy) is 1. The number of rotatable bonds is 3. The van der Waals surface area contributed by atoms with Crippen molar-refractivity contribution in [3.05, 3.63) is 36.0 Å². The maximum atomic E-state index is 13.0. The standard InChI is InChI=1S/C17H21N3O3/c1-3-19-10-13(12-6-4-5-7-14(12)19)15(21)20-8-9-23-17(2,11-20)16(18)22/h4-7,10H,3,8-9,11H2,1-2H3,(H2,18,22)/t17-/m1/s1. The number of morpholine rings is 1. The van der Waals surface area contributed by atoms with Crippen molar-refractivity contribution in [2.24, 2.45) is 5.73 Å². The Labute approximate surface area is 134 Å². The third-order valence-electron chi connectivity index (χ3n) is 4.44. The summed E-state index contributed by atoms with van der Waals surface area (Å²) in [6.45, 7) is 5.39. The van der Waals surface area contributed by atoms with Crippen LogP contribution < -0.4 is 5.73 Å². The summed E-state index contributed by atoms with van der Waals surface area (Å²) in [4.78, 5) is 26.2. The number of carbonyl (C=O) groups excluding carboxylic acids is 2. The quantitative estimate of drug-likeness (QED) is 0.929. The fourth-order valence-electron chi connectivity index (χ4n) is 3.04. The predicted octanol–water partition coefficient (Wildman–Crippen LogP) is 1.38. The zero-order valence-corrected chi connectivity index (χ0v) is 13.4. The summed E-state index contributed by atoms with van der Waals surface area (Å²) in [5.74, 6) is -0.643. The van der Waals surface area contributed by atoms with Crippen molar-refractivity contribution in [1.82, 2.24) is 9.47 Å². The maximum absolute atomic E-state index is 13.0. The first-order valence-electron chi connectivity index (χ1n) is 7.77. The van der Waals surface area contributed by atoms with E-state index in [-0.39, 0.29) is 12.5 Å². The predicted molar refractivity (Wildman–Crippen MR) is 87.1 cm³/mol. The fourth-order valence-corrected chi connectivity index (χ4v) is 3.04. The van der Waals surface area contributed by atoms with E-state index >= 15 is 0 Å². The van der Waals surface area contributed by atoms with E-state index in [1.165, 1.54) is 0 Å². The van der Waals surface area contributed by atoms with E-state index in [4.69, 9.17) is 10.5 Å². The Bertz CT molecular complexity index is 768. The minimum atomic E-state index is -1.13. The fraction of sp³-hybridized carbons (Fsp3) is 0.412. The Morgan fingerprint density at radius 2 is 2.09 bits per heavy atom. The van der Waals surface area contributed by atoms with Crippen molar-refractivity contribution in [3.8, 4) is 0 Å². The summed E-state index contributed by atoms with van der Waals surface area (Å²) in [6, 6.07) is 7.83. The number of aryl methyl sites for hydroxylation is 1. The van der Waals surface area contributed by atoms with Crippen LogP contribution in [-0.2, 0) is 16.1 Å². The largest absolute Gasteiger partial charge is 0.367 e. The zero-order chi connectivity index (χ0) is 16.6. The Morgan fingerprint density at radius 1 is 1.35 bits per heavy atom. The van der Waals surface area contributed by atoms with Gasteiger partial charge in [-0.3, -0.25) is 9.59 Å². The monoisotopic (exact) mass is 315 g/mol. The molecule has 2 N–H and O–H groups in total. The van der Waals surface area contributed by atoms with Crippen LogP contribution in [0.1, 0.15) is 24.2 Å². The summed E-state index contributed by atoms with van der Waals surface area (Å²) < 4.78 is 7.54. The molecule has 122 valence electrons. The molecule has 1 aromatic heterocycles. The third kappa shape index (κ3) is 2.59. The SMILES string of the molecule is CCn1cc(C(=O)N2CCO[C@@](C)(C(N)=O)C2)c2ccccc21. The highest BCUT2D eigenvalue weighted by molar-refractivity contribution is 6.07. The molecule has 1 atom stereocenters. The van der Waals surface area contributed by atoms with Gasteiger partial charge in [-0.2, -0.15) is 0 Å². The molecule has 0 bridgehead atoms. The van der Waals surface area contributed by atoms with E-state index in [0.29, 0.717) is 18.7 Å². The van der Waals surface area contributed by atoms with Gasteiger partial charge in [0.2, 0.25) is 0 Å². The van der Waals surface area contributed by atoms with Gasteiger partial charge in [0.1, 0.15) is 0 Å². The van der Waals surface area contributed by atoms with Crippen LogP contribution in [0.5, 0.6) is 0 Å². The molecule has 2 heterocycles. The van der Waals surface area contributed by atoms with E-state index < -0.39 is 11.5 Å². The Hall–Kier alpha value is -2.34. The summed E-state index contributed by atoms with van der Waals surface area (Å²) >= 11 is 0. The topological polar surface area (TPSA) is 77.6 Å². The lowest BCUT2D eigenvalue weighted by atomic mass is 10.0. The van der Waals surface area contributed by atoms with E-state index in [9.17, 15) is 9.59 Å². The molecule has 0 saturated carbocycles. The van der Waals surface area contributed by atoms with Crippen LogP contribution >= 0.6 is 0 Å². The van der Waals surface area contributed by atoms with Gasteiger partial charge in [-0.05, 0) is 19.9 Å². The molecule has 1 saturated heterocycles. The minimum Gasteiger partial charge on any atom is -0.367 e. The Balaban J connectivity index is 1.96. The van der Waals surface area contributed by atoms with Gasteiger partial charge in [-0.1, -0.05) is 18.2 Å². The number of amides is 2. The molecule has 1 aliphatic heterocycles. The van der Waals surface area contributed by atoms with Crippen LogP contribution in [0.4, 0.5) is 0 Å². The van der Waals surface area contributed by atoms with Crippen molar-refractivity contribution < 1.29 is 14.3 Å². The molecule has 0 spiro atoms. The number of primary amides is 1. The molecule has 0 unspecified atom stereocenters. The van der Waals surface area contributed by atoms with Crippen LogP contribution in [-0.4, -0.2) is 46.6 Å². The van der Waals surface area contributed by atoms with E-state index in [0.717, 1.165) is 17.4 Å². The van der Waals surface area contributed by atoms with Crippen LogP contribution in [0, 0.1) is 0 Å². The van der Waals surface area contributed by atoms with Gasteiger partial charge in [-0.25, -0.2) is 0 Å². The van der Waals surface area contributed by atoms with Crippen molar-refractivity contribution in [3.63, 3.8) is 0 Å². The van der Waals surface area contributed by atoms with Gasteiger partial charge in [0.05, 0.1) is 18.7 Å². The molecule has 6 nitrogen and oxygen atoms in total. The highest BCUT2D eigenvalue weighted by Crippen LogP contribution is 2.25. The number of hydrogen-bond acceptors (Lipinski definition) is 3. The lowest BCUT2D eigenvalue weighted by Gasteiger charge is -2.38. The lowest BCUT2D eigenvalue weighted by Crippen LogP contribution is -2.58. The number of para-hydroxylation sites is 1. The number of nitrogens with two attached hydrogens (primary N) is 1. The molecule has 1 aliphatic rings. The van der Waals surface area contributed by atoms with Crippen molar-refractivity contribution >= 4 is 22.7 Å². The minimum absolute atomic E-state index is 0.0934. The number of benzene rings is 1. The van der Waals surface area contributed by atoms with Gasteiger partial charge in [-0.15, -0.1) is 0 Å². The van der Waals surface area contributed by atoms with E-state index in [1.807, 2.05) is 37.4 Å². The molecule has 1 aromatic carbocycles. The summed E-state index contributed by atoms with van der Waals surface area (Å²) in [5.41, 5.74) is 5.97. The smallest absolute Gasteiger partial charge is 0.256 e. The molecule has 6 heteroatoms. The van der Waals surface area contributed by atoms with Gasteiger partial charge >= 0.3 is 0 Å². The van der Waals surface area contributed by atoms with Gasteiger partial charge < -0.3 is 19.9 Å². The molecular weight excluding hydrogens is 294 g/mol. The summed E-state index contributed by atoms with van der Waals surface area (Å²) in [6.07, 6.45) is 1.88. The van der Waals surface area contributed by atoms with Crippen LogP contribution in [0.3, 0.4) is 0 Å². The van der Waals surface area contributed by atoms with Crippen LogP contribution in [0.15, 0.2) is 30.5 Å². The van der Waals surface area contributed by atoms with E-state index in [1.54, 1.807) is 11.8 Å². The van der Waals surface area contributed by atoms with Crippen molar-refractivity contribution in [1.29, 1.82) is 0 Å². The first-order chi connectivity index (χ1) is 11.0. The van der Waals surface area contributed by atoms with Crippen molar-refractivity contribution in [2.45, 2.75) is 26.0 Å². The molecule has 2 amide bonds. The second-order valence-corrected chi connectivity index (χ2v) is 6.02. The second kappa shape index (κ2) is 5.70. The number of nitrogens with zero attached hydrogens (tertiary/aromatic N) is 2. The van der Waals surface area contributed by atoms with Gasteiger partial charge in [0.15, 0.2) is 5.60 Å². The normalized spacial score (nSPS) is 21.6. The molecule has 3 rings (SSSR count). The first-order valence-corrected chi connectivity index (χ1v) is 7.77. The Morgan fingerprint density at radius 3 is 2.78 bits per heavy atom. The molecule has 2 aromatic rings. The summed E-state index contributed by atoms with van der Waals surface area (Å²) in [7, 11) is 0. The maximum Gasteiger partial charge on any atom is 0.256 e. The van der Waals surface area contributed by atoms with Crippen molar-refractivity contribution in [2.75, 3.05) is 19.7 Å². The number of carbonyl (C=O) groups is 2. The number of hydrogen-bond donors (Lipinski definition) is 1. The molecular formula is C17H21N3O3. The Kier molecular flexibility index (Phi) is 3.85. The lowest BCUT2D eigenvalue weighted by molar-refractivity contribution is -0.150. The van der Waals surface area contributed by atoms with Crippen LogP contribution in [0.25, 0.3) is 10.9 Å². The first kappa shape index (κ1) is 15.6. The van der Waals surface area contributed by atoms with Gasteiger partial charge in [0, 0.05) is 30.2 Å². The molecule has 0 radical (unpaired) electrons. The van der Waals surface area contributed by atoms with E-state index in [2.05, 4.69) is 4.57 Å². The number of aromatic nitrogens is 1. The number of fused-ring (bicyclic) bond motifs is 1. The van der Waals surface area contributed by atoms with Crippen LogP contribution in [0.2, 0.25) is 0 Å². The zero-order valence-electron chi connectivity index (χ0n) is 13.4.